The van der Waals surface area contributed by atoms with Crippen LogP contribution in [-0.2, 0) is 23.9 Å². The van der Waals surface area contributed by atoms with Crippen molar-refractivity contribution in [1.82, 2.24) is 0 Å². The van der Waals surface area contributed by atoms with E-state index in [0.717, 1.165) is 12.8 Å². The summed E-state index contributed by atoms with van der Waals surface area (Å²) in [5.41, 5.74) is -0.877. The van der Waals surface area contributed by atoms with Crippen molar-refractivity contribution in [3.8, 4) is 0 Å². The van der Waals surface area contributed by atoms with Crippen LogP contribution in [0.25, 0.3) is 0 Å². The predicted octanol–water partition coefficient (Wildman–Crippen LogP) is 3.60. The Kier molecular flexibility index (Phi) is 6.42. The molecular weight excluding hydrogens is 320 g/mol. The largest absolute Gasteiger partial charge is 0.461 e. The minimum atomic E-state index is -0.877. The molecule has 0 saturated carbocycles. The van der Waals surface area contributed by atoms with Gasteiger partial charge in [0.1, 0.15) is 12.2 Å². The predicted molar refractivity (Wildman–Crippen MR) is 93.7 cm³/mol. The Morgan fingerprint density at radius 3 is 2.68 bits per heavy atom. The van der Waals surface area contributed by atoms with Crippen LogP contribution < -0.4 is 0 Å². The highest BCUT2D eigenvalue weighted by molar-refractivity contribution is 6.00. The Balaban J connectivity index is 2.06. The molecule has 1 saturated heterocycles. The Morgan fingerprint density at radius 2 is 2.04 bits per heavy atom. The molecule has 4 atom stereocenters. The quantitative estimate of drug-likeness (QED) is 0.656. The lowest BCUT2D eigenvalue weighted by atomic mass is 9.68. The second kappa shape index (κ2) is 8.15. The first-order valence-corrected chi connectivity index (χ1v) is 9.32. The summed E-state index contributed by atoms with van der Waals surface area (Å²) in [4.78, 5) is 35.9. The molecule has 0 aromatic carbocycles. The van der Waals surface area contributed by atoms with Gasteiger partial charge in [-0.1, -0.05) is 40.0 Å². The molecule has 5 nitrogen and oxygen atoms in total. The maximum Gasteiger partial charge on any atom is 0.307 e. The third-order valence-electron chi connectivity index (χ3n) is 5.28. The summed E-state index contributed by atoms with van der Waals surface area (Å²) < 4.78 is 10.8. The molecule has 0 aromatic heterocycles. The molecule has 2 unspecified atom stereocenters. The van der Waals surface area contributed by atoms with Gasteiger partial charge in [0.15, 0.2) is 5.78 Å². The van der Waals surface area contributed by atoms with Crippen molar-refractivity contribution in [2.75, 3.05) is 0 Å². The third kappa shape index (κ3) is 4.93. The van der Waals surface area contributed by atoms with Gasteiger partial charge in [-0.25, -0.2) is 0 Å². The Morgan fingerprint density at radius 1 is 1.32 bits per heavy atom. The van der Waals surface area contributed by atoms with E-state index in [4.69, 9.17) is 9.47 Å². The molecule has 140 valence electrons. The number of carbonyl (C=O) groups is 3. The number of hydrogen-bond donors (Lipinski definition) is 0. The highest BCUT2D eigenvalue weighted by Crippen LogP contribution is 2.46. The first-order chi connectivity index (χ1) is 11.7. The number of rotatable bonds is 7. The summed E-state index contributed by atoms with van der Waals surface area (Å²) in [6.07, 6.45) is 6.63. The van der Waals surface area contributed by atoms with E-state index in [9.17, 15) is 14.4 Å². The fourth-order valence-corrected chi connectivity index (χ4v) is 3.95. The van der Waals surface area contributed by atoms with E-state index in [1.807, 2.05) is 0 Å². The number of esters is 2. The molecule has 0 N–H and O–H groups in total. The van der Waals surface area contributed by atoms with Crippen molar-refractivity contribution in [3.05, 3.63) is 12.2 Å². The van der Waals surface area contributed by atoms with Gasteiger partial charge in [-0.15, -0.1) is 0 Å². The summed E-state index contributed by atoms with van der Waals surface area (Å²) in [7, 11) is 0. The molecule has 1 fully saturated rings. The minimum absolute atomic E-state index is 0.0807. The molecule has 0 amide bonds. The molecule has 1 aliphatic heterocycles. The zero-order chi connectivity index (χ0) is 18.6. The molecule has 0 radical (unpaired) electrons. The van der Waals surface area contributed by atoms with Crippen LogP contribution in [0.2, 0.25) is 0 Å². The maximum absolute atomic E-state index is 12.6. The monoisotopic (exact) mass is 350 g/mol. The topological polar surface area (TPSA) is 69.7 Å². The van der Waals surface area contributed by atoms with E-state index in [0.29, 0.717) is 24.7 Å². The summed E-state index contributed by atoms with van der Waals surface area (Å²) in [5, 5.41) is 0. The van der Waals surface area contributed by atoms with Crippen molar-refractivity contribution >= 4 is 17.7 Å². The first-order valence-electron chi connectivity index (χ1n) is 9.32. The molecular formula is C20H30O5. The Labute approximate surface area is 150 Å². The van der Waals surface area contributed by atoms with Gasteiger partial charge in [-0.05, 0) is 30.4 Å². The van der Waals surface area contributed by atoms with Crippen LogP contribution in [0.5, 0.6) is 0 Å². The highest BCUT2D eigenvalue weighted by Gasteiger charge is 2.55. The molecule has 2 aliphatic rings. The molecule has 1 aliphatic carbocycles. The van der Waals surface area contributed by atoms with E-state index in [1.165, 1.54) is 19.4 Å². The van der Waals surface area contributed by atoms with Crippen molar-refractivity contribution < 1.29 is 23.9 Å². The molecule has 0 aromatic rings. The van der Waals surface area contributed by atoms with Gasteiger partial charge < -0.3 is 9.47 Å². The van der Waals surface area contributed by atoms with Crippen LogP contribution >= 0.6 is 0 Å². The molecule has 1 heterocycles. The lowest BCUT2D eigenvalue weighted by molar-refractivity contribution is -0.150. The summed E-state index contributed by atoms with van der Waals surface area (Å²) in [6, 6.07) is 0. The number of allylic oxidation sites excluding steroid dienone is 1. The van der Waals surface area contributed by atoms with E-state index < -0.39 is 17.6 Å². The standard InChI is InChI=1S/C20H30O5/c1-13(2)6-5-7-14(3)10-18-20(12-19(23)25-18)11-16(24-15(4)21)8-9-17(20)22/h8-9,13-14,16,18H,5-7,10-12H2,1-4H3/t14?,16-,18-,20?/m1/s1. The van der Waals surface area contributed by atoms with Gasteiger partial charge in [0.05, 0.1) is 11.8 Å². The zero-order valence-electron chi connectivity index (χ0n) is 15.7. The van der Waals surface area contributed by atoms with E-state index >= 15 is 0 Å². The number of ketones is 1. The summed E-state index contributed by atoms with van der Waals surface area (Å²) >= 11 is 0. The number of cyclic esters (lactones) is 1. The normalized spacial score (nSPS) is 30.0. The van der Waals surface area contributed by atoms with Gasteiger partial charge in [-0.2, -0.15) is 0 Å². The van der Waals surface area contributed by atoms with Crippen LogP contribution in [0.15, 0.2) is 12.2 Å². The van der Waals surface area contributed by atoms with Crippen molar-refractivity contribution in [1.29, 1.82) is 0 Å². The first kappa shape index (κ1) is 19.7. The second-order valence-corrected chi connectivity index (χ2v) is 8.05. The van der Waals surface area contributed by atoms with Crippen LogP contribution in [0.4, 0.5) is 0 Å². The molecule has 0 bridgehead atoms. The van der Waals surface area contributed by atoms with Gasteiger partial charge in [-0.3, -0.25) is 14.4 Å². The molecule has 1 spiro atoms. The fourth-order valence-electron chi connectivity index (χ4n) is 3.95. The van der Waals surface area contributed by atoms with Gasteiger partial charge >= 0.3 is 11.9 Å². The number of carbonyl (C=O) groups excluding carboxylic acids is 3. The third-order valence-corrected chi connectivity index (χ3v) is 5.28. The maximum atomic E-state index is 12.6. The van der Waals surface area contributed by atoms with Gasteiger partial charge in [0.2, 0.25) is 0 Å². The van der Waals surface area contributed by atoms with Crippen LogP contribution in [-0.4, -0.2) is 29.9 Å². The fraction of sp³-hybridized carbons (Fsp3) is 0.750. The Hall–Kier alpha value is -1.65. The van der Waals surface area contributed by atoms with Crippen molar-refractivity contribution in [2.24, 2.45) is 17.3 Å². The lowest BCUT2D eigenvalue weighted by Gasteiger charge is -2.36. The molecule has 2 rings (SSSR count). The average molecular weight is 350 g/mol. The average Bonchev–Trinajstić information content (AvgIpc) is 2.78. The van der Waals surface area contributed by atoms with E-state index in [-0.39, 0.29) is 24.1 Å². The zero-order valence-corrected chi connectivity index (χ0v) is 15.7. The summed E-state index contributed by atoms with van der Waals surface area (Å²) in [5.74, 6) is 0.253. The lowest BCUT2D eigenvalue weighted by Crippen LogP contribution is -2.44. The summed E-state index contributed by atoms with van der Waals surface area (Å²) in [6.45, 7) is 7.91. The van der Waals surface area contributed by atoms with Crippen molar-refractivity contribution in [3.63, 3.8) is 0 Å². The SMILES string of the molecule is CC(=O)O[C@@H]1C=CC(=O)C2(CC(=O)O[C@@H]2CC(C)CCCC(C)C)C1. The van der Waals surface area contributed by atoms with E-state index in [1.54, 1.807) is 6.08 Å². The van der Waals surface area contributed by atoms with Crippen LogP contribution in [0, 0.1) is 17.3 Å². The van der Waals surface area contributed by atoms with Crippen LogP contribution in [0.3, 0.4) is 0 Å². The van der Waals surface area contributed by atoms with Crippen molar-refractivity contribution in [2.45, 2.75) is 78.4 Å². The number of ether oxygens (including phenoxy) is 2. The van der Waals surface area contributed by atoms with Gasteiger partial charge in [0.25, 0.3) is 0 Å². The Bertz CT molecular complexity index is 550. The number of hydrogen-bond acceptors (Lipinski definition) is 5. The molecule has 5 heteroatoms. The molecule has 25 heavy (non-hydrogen) atoms. The van der Waals surface area contributed by atoms with Crippen LogP contribution in [0.1, 0.15) is 66.2 Å². The van der Waals surface area contributed by atoms with Gasteiger partial charge in [0, 0.05) is 13.3 Å². The second-order valence-electron chi connectivity index (χ2n) is 8.05. The minimum Gasteiger partial charge on any atom is -0.461 e. The highest BCUT2D eigenvalue weighted by atomic mass is 16.6. The smallest absolute Gasteiger partial charge is 0.307 e. The van der Waals surface area contributed by atoms with E-state index in [2.05, 4.69) is 20.8 Å².